The third kappa shape index (κ3) is 4.38. The first kappa shape index (κ1) is 22.3. The minimum atomic E-state index is -1.32. The van der Waals surface area contributed by atoms with Crippen LogP contribution in [0.2, 0.25) is 0 Å². The smallest absolute Gasteiger partial charge is 0.352 e. The van der Waals surface area contributed by atoms with Crippen LogP contribution in [0.15, 0.2) is 17.5 Å². The standard InChI is InChI=1S/C17H19N5O8S/c1-8-11(22(28)29)5-18-20(8)4-3-12(24)19-13-15(25)21-14(17(26)27)10(6-30-9(2)23)7-31-16(13)21/h5,13,16H,3-4,6-7H2,1-2H3,(H,19,24)(H,26,27)/t13-,16+/m1/s1. The van der Waals surface area contributed by atoms with E-state index in [1.54, 1.807) is 0 Å². The molecule has 1 aromatic rings. The largest absolute Gasteiger partial charge is 0.477 e. The van der Waals surface area contributed by atoms with Crippen molar-refractivity contribution in [2.45, 2.75) is 38.2 Å². The minimum absolute atomic E-state index is 0.0693. The molecule has 0 spiro atoms. The Morgan fingerprint density at radius 1 is 1.45 bits per heavy atom. The van der Waals surface area contributed by atoms with Crippen molar-refractivity contribution in [2.24, 2.45) is 0 Å². The minimum Gasteiger partial charge on any atom is -0.477 e. The van der Waals surface area contributed by atoms with Gasteiger partial charge in [-0.15, -0.1) is 11.8 Å². The average molecular weight is 453 g/mol. The van der Waals surface area contributed by atoms with Gasteiger partial charge in [0.25, 0.3) is 5.91 Å². The fourth-order valence-electron chi connectivity index (χ4n) is 3.28. The average Bonchev–Trinajstić information content (AvgIpc) is 3.08. The zero-order valence-electron chi connectivity index (χ0n) is 16.6. The van der Waals surface area contributed by atoms with Gasteiger partial charge in [-0.1, -0.05) is 0 Å². The Hall–Kier alpha value is -3.42. The van der Waals surface area contributed by atoms with Crippen LogP contribution in [-0.4, -0.2) is 72.2 Å². The SMILES string of the molecule is CC(=O)OCC1=C(C(=O)O)N2C(=O)[C@@H](NC(=O)CCn3ncc([N+](=O)[O-])c3C)[C@@H]2SC1. The Kier molecular flexibility index (Phi) is 6.29. The molecule has 14 heteroatoms. The highest BCUT2D eigenvalue weighted by atomic mass is 32.2. The van der Waals surface area contributed by atoms with E-state index in [-0.39, 0.29) is 36.7 Å². The molecule has 0 aromatic carbocycles. The number of thioether (sulfide) groups is 1. The summed E-state index contributed by atoms with van der Waals surface area (Å²) in [5.74, 6) is -2.70. The van der Waals surface area contributed by atoms with Gasteiger partial charge < -0.3 is 15.2 Å². The van der Waals surface area contributed by atoms with E-state index < -0.39 is 40.1 Å². The lowest BCUT2D eigenvalue weighted by molar-refractivity contribution is -0.385. The molecule has 2 amide bonds. The normalized spacial score (nSPS) is 20.1. The van der Waals surface area contributed by atoms with Gasteiger partial charge in [-0.05, 0) is 6.92 Å². The topological polar surface area (TPSA) is 174 Å². The van der Waals surface area contributed by atoms with Gasteiger partial charge in [0, 0.05) is 24.7 Å². The Labute approximate surface area is 179 Å². The number of carboxylic acid groups (broad SMARTS) is 1. The van der Waals surface area contributed by atoms with Crippen molar-refractivity contribution in [1.29, 1.82) is 0 Å². The van der Waals surface area contributed by atoms with E-state index in [9.17, 15) is 34.4 Å². The van der Waals surface area contributed by atoms with Crippen LogP contribution in [0.5, 0.6) is 0 Å². The molecule has 2 aliphatic rings. The summed E-state index contributed by atoms with van der Waals surface area (Å²) in [4.78, 5) is 58.9. The van der Waals surface area contributed by atoms with E-state index in [0.717, 1.165) is 11.1 Å². The van der Waals surface area contributed by atoms with Crippen LogP contribution >= 0.6 is 11.8 Å². The van der Waals surface area contributed by atoms with Crippen LogP contribution in [0.25, 0.3) is 0 Å². The molecule has 2 N–H and O–H groups in total. The number of nitro groups is 1. The van der Waals surface area contributed by atoms with E-state index in [4.69, 9.17) is 4.74 Å². The molecule has 1 saturated heterocycles. The maximum absolute atomic E-state index is 12.5. The highest BCUT2D eigenvalue weighted by molar-refractivity contribution is 8.00. The van der Waals surface area contributed by atoms with Crippen LogP contribution < -0.4 is 5.32 Å². The van der Waals surface area contributed by atoms with Crippen LogP contribution in [-0.2, 0) is 30.5 Å². The van der Waals surface area contributed by atoms with Gasteiger partial charge in [-0.2, -0.15) is 5.10 Å². The summed E-state index contributed by atoms with van der Waals surface area (Å²) in [5, 5.41) is 26.3. The van der Waals surface area contributed by atoms with Crippen LogP contribution in [0.4, 0.5) is 5.69 Å². The molecule has 0 aliphatic carbocycles. The van der Waals surface area contributed by atoms with Gasteiger partial charge in [0.15, 0.2) is 0 Å². The molecule has 13 nitrogen and oxygen atoms in total. The molecule has 0 radical (unpaired) electrons. The van der Waals surface area contributed by atoms with Gasteiger partial charge >= 0.3 is 17.6 Å². The predicted molar refractivity (Wildman–Crippen MR) is 105 cm³/mol. The van der Waals surface area contributed by atoms with Gasteiger partial charge in [-0.25, -0.2) is 4.79 Å². The maximum Gasteiger partial charge on any atom is 0.352 e. The van der Waals surface area contributed by atoms with Crippen molar-refractivity contribution in [2.75, 3.05) is 12.4 Å². The van der Waals surface area contributed by atoms with E-state index in [0.29, 0.717) is 11.3 Å². The fraction of sp³-hybridized carbons (Fsp3) is 0.471. The van der Waals surface area contributed by atoms with E-state index >= 15 is 0 Å². The van der Waals surface area contributed by atoms with Gasteiger partial charge in [-0.3, -0.25) is 34.1 Å². The summed E-state index contributed by atoms with van der Waals surface area (Å²) in [5.41, 5.74) is 0.224. The molecule has 0 saturated carbocycles. The molecule has 0 bridgehead atoms. The summed E-state index contributed by atoms with van der Waals surface area (Å²) in [6.07, 6.45) is 1.03. The summed E-state index contributed by atoms with van der Waals surface area (Å²) in [7, 11) is 0. The molecular weight excluding hydrogens is 434 g/mol. The Morgan fingerprint density at radius 2 is 2.16 bits per heavy atom. The van der Waals surface area contributed by atoms with Crippen molar-refractivity contribution >= 4 is 41.2 Å². The molecule has 31 heavy (non-hydrogen) atoms. The number of fused-ring (bicyclic) bond motifs is 1. The lowest BCUT2D eigenvalue weighted by Crippen LogP contribution is -2.70. The number of carboxylic acids is 1. The molecule has 2 atom stereocenters. The fourth-order valence-corrected chi connectivity index (χ4v) is 4.60. The Balaban J connectivity index is 1.62. The second-order valence-electron chi connectivity index (χ2n) is 6.84. The number of aromatic nitrogens is 2. The maximum atomic E-state index is 12.5. The number of hydrogen-bond acceptors (Lipinski definition) is 9. The molecule has 1 fully saturated rings. The van der Waals surface area contributed by atoms with Crippen molar-refractivity contribution in [1.82, 2.24) is 20.0 Å². The van der Waals surface area contributed by atoms with Crippen LogP contribution in [0.1, 0.15) is 19.0 Å². The molecule has 3 heterocycles. The Bertz CT molecular complexity index is 1000. The summed E-state index contributed by atoms with van der Waals surface area (Å²) < 4.78 is 6.19. The van der Waals surface area contributed by atoms with E-state index in [1.807, 2.05) is 0 Å². The number of β-lactam (4-membered cyclic amide) rings is 1. The molecule has 1 aromatic heterocycles. The number of nitrogens with one attached hydrogen (secondary N) is 1. The Morgan fingerprint density at radius 3 is 2.74 bits per heavy atom. The highest BCUT2D eigenvalue weighted by Crippen LogP contribution is 2.40. The van der Waals surface area contributed by atoms with Gasteiger partial charge in [0.2, 0.25) is 5.91 Å². The second kappa shape index (κ2) is 8.75. The third-order valence-electron chi connectivity index (χ3n) is 4.84. The number of hydrogen-bond donors (Lipinski definition) is 2. The van der Waals surface area contributed by atoms with Gasteiger partial charge in [0.1, 0.15) is 35.6 Å². The van der Waals surface area contributed by atoms with Gasteiger partial charge in [0.05, 0.1) is 11.5 Å². The summed E-state index contributed by atoms with van der Waals surface area (Å²) in [6, 6.07) is -0.893. The monoisotopic (exact) mass is 453 g/mol. The molecular formula is C17H19N5O8S. The van der Waals surface area contributed by atoms with Crippen molar-refractivity contribution < 1.29 is 33.9 Å². The zero-order valence-corrected chi connectivity index (χ0v) is 17.4. The quantitative estimate of drug-likeness (QED) is 0.232. The number of amides is 2. The molecule has 3 rings (SSSR count). The number of carbonyl (C=O) groups excluding carboxylic acids is 3. The number of esters is 1. The number of rotatable bonds is 8. The van der Waals surface area contributed by atoms with Crippen molar-refractivity contribution in [3.63, 3.8) is 0 Å². The first-order valence-corrected chi connectivity index (χ1v) is 10.2. The summed E-state index contributed by atoms with van der Waals surface area (Å²) >= 11 is 1.26. The molecule has 2 aliphatic heterocycles. The zero-order chi connectivity index (χ0) is 22.9. The lowest BCUT2D eigenvalue weighted by atomic mass is 10.0. The van der Waals surface area contributed by atoms with E-state index in [1.165, 1.54) is 30.3 Å². The second-order valence-corrected chi connectivity index (χ2v) is 7.94. The number of nitrogens with zero attached hydrogens (tertiary/aromatic N) is 4. The molecule has 166 valence electrons. The van der Waals surface area contributed by atoms with Crippen molar-refractivity contribution in [3.8, 4) is 0 Å². The van der Waals surface area contributed by atoms with Crippen LogP contribution in [0.3, 0.4) is 0 Å². The first-order valence-electron chi connectivity index (χ1n) is 9.11. The number of ether oxygens (including phenoxy) is 1. The third-order valence-corrected chi connectivity index (χ3v) is 6.18. The summed E-state index contributed by atoms with van der Waals surface area (Å²) in [6.45, 7) is 2.57. The van der Waals surface area contributed by atoms with E-state index in [2.05, 4.69) is 10.4 Å². The number of aryl methyl sites for hydroxylation is 1. The van der Waals surface area contributed by atoms with Crippen molar-refractivity contribution in [3.05, 3.63) is 33.3 Å². The number of carbonyl (C=O) groups is 4. The number of aliphatic carboxylic acids is 1. The highest BCUT2D eigenvalue weighted by Gasteiger charge is 2.54. The first-order chi connectivity index (χ1) is 14.6. The van der Waals surface area contributed by atoms with Crippen LogP contribution in [0, 0.1) is 17.0 Å². The molecule has 0 unspecified atom stereocenters. The predicted octanol–water partition coefficient (Wildman–Crippen LogP) is -0.208. The lowest BCUT2D eigenvalue weighted by Gasteiger charge is -2.49.